The van der Waals surface area contributed by atoms with Crippen molar-refractivity contribution >= 4 is 5.91 Å². The fourth-order valence-corrected chi connectivity index (χ4v) is 2.23. The smallest absolute Gasteiger partial charge is 0.231 e. The van der Waals surface area contributed by atoms with Crippen LogP contribution in [0, 0.1) is 0 Å². The predicted molar refractivity (Wildman–Crippen MR) is 66.8 cm³/mol. The fraction of sp³-hybridized carbons (Fsp3) is 0.462. The van der Waals surface area contributed by atoms with E-state index in [9.17, 15) is 15.0 Å². The summed E-state index contributed by atoms with van der Waals surface area (Å²) < 4.78 is 0. The number of aliphatic hydroxyl groups is 2. The average molecular weight is 250 g/mol. The van der Waals surface area contributed by atoms with Gasteiger partial charge in [0.1, 0.15) is 0 Å². The minimum Gasteiger partial charge on any atom is -0.388 e. The fourth-order valence-electron chi connectivity index (χ4n) is 2.23. The van der Waals surface area contributed by atoms with Gasteiger partial charge in [-0.3, -0.25) is 4.79 Å². The van der Waals surface area contributed by atoms with Crippen molar-refractivity contribution in [2.45, 2.75) is 18.1 Å². The number of rotatable bonds is 3. The van der Waals surface area contributed by atoms with Crippen molar-refractivity contribution in [3.05, 3.63) is 35.9 Å². The van der Waals surface area contributed by atoms with Gasteiger partial charge in [0.25, 0.3) is 0 Å². The van der Waals surface area contributed by atoms with Crippen LogP contribution in [0.4, 0.5) is 0 Å². The van der Waals surface area contributed by atoms with Crippen LogP contribution >= 0.6 is 0 Å². The quantitative estimate of drug-likeness (QED) is 0.661. The molecule has 98 valence electrons. The first-order chi connectivity index (χ1) is 8.63. The molecule has 0 aliphatic carbocycles. The van der Waals surface area contributed by atoms with Gasteiger partial charge in [-0.1, -0.05) is 30.3 Å². The highest BCUT2D eigenvalue weighted by Gasteiger charge is 2.35. The third-order valence-corrected chi connectivity index (χ3v) is 3.31. The summed E-state index contributed by atoms with van der Waals surface area (Å²) >= 11 is 0. The highest BCUT2D eigenvalue weighted by atomic mass is 16.3. The lowest BCUT2D eigenvalue weighted by atomic mass is 9.98. The molecule has 1 saturated heterocycles. The molecule has 0 aromatic heterocycles. The van der Waals surface area contributed by atoms with Crippen LogP contribution in [0.25, 0.3) is 0 Å². The Morgan fingerprint density at radius 1 is 1.28 bits per heavy atom. The Morgan fingerprint density at radius 2 is 1.83 bits per heavy atom. The van der Waals surface area contributed by atoms with E-state index in [0.717, 1.165) is 5.56 Å². The third-order valence-electron chi connectivity index (χ3n) is 3.31. The van der Waals surface area contributed by atoms with E-state index in [1.165, 1.54) is 4.90 Å². The molecule has 4 N–H and O–H groups in total. The molecule has 1 fully saturated rings. The van der Waals surface area contributed by atoms with Gasteiger partial charge in [0, 0.05) is 19.6 Å². The zero-order chi connectivity index (χ0) is 13.1. The maximum atomic E-state index is 12.3. The van der Waals surface area contributed by atoms with Crippen molar-refractivity contribution in [2.75, 3.05) is 19.6 Å². The van der Waals surface area contributed by atoms with Crippen LogP contribution in [0.5, 0.6) is 0 Å². The summed E-state index contributed by atoms with van der Waals surface area (Å²) in [7, 11) is 0. The van der Waals surface area contributed by atoms with Gasteiger partial charge in [0.05, 0.1) is 18.1 Å². The largest absolute Gasteiger partial charge is 0.388 e. The Balaban J connectivity index is 2.12. The van der Waals surface area contributed by atoms with E-state index < -0.39 is 18.1 Å². The van der Waals surface area contributed by atoms with Crippen molar-refractivity contribution in [1.29, 1.82) is 0 Å². The second-order valence-electron chi connectivity index (χ2n) is 4.58. The molecule has 0 spiro atoms. The monoisotopic (exact) mass is 250 g/mol. The molecule has 2 rings (SSSR count). The van der Waals surface area contributed by atoms with Gasteiger partial charge in [-0.25, -0.2) is 0 Å². The van der Waals surface area contributed by atoms with E-state index in [-0.39, 0.29) is 25.5 Å². The summed E-state index contributed by atoms with van der Waals surface area (Å²) in [5, 5.41) is 18.9. The molecule has 1 aliphatic rings. The molecule has 1 heterocycles. The van der Waals surface area contributed by atoms with E-state index >= 15 is 0 Å². The highest BCUT2D eigenvalue weighted by Crippen LogP contribution is 2.20. The van der Waals surface area contributed by atoms with Crippen molar-refractivity contribution in [3.63, 3.8) is 0 Å². The molecule has 3 unspecified atom stereocenters. The minimum atomic E-state index is -0.858. The molecule has 1 aromatic carbocycles. The maximum absolute atomic E-state index is 12.3. The molecule has 1 amide bonds. The van der Waals surface area contributed by atoms with Gasteiger partial charge in [-0.2, -0.15) is 0 Å². The lowest BCUT2D eigenvalue weighted by Crippen LogP contribution is -2.37. The zero-order valence-electron chi connectivity index (χ0n) is 10.1. The number of amides is 1. The van der Waals surface area contributed by atoms with Crippen molar-refractivity contribution in [3.8, 4) is 0 Å². The predicted octanol–water partition coefficient (Wildman–Crippen LogP) is -0.707. The Labute approximate surface area is 106 Å². The Bertz CT molecular complexity index is 400. The van der Waals surface area contributed by atoms with Crippen LogP contribution in [-0.4, -0.2) is 52.9 Å². The van der Waals surface area contributed by atoms with E-state index in [1.54, 1.807) is 0 Å². The van der Waals surface area contributed by atoms with Crippen LogP contribution in [0.1, 0.15) is 11.5 Å². The van der Waals surface area contributed by atoms with Crippen LogP contribution in [0.15, 0.2) is 30.3 Å². The number of nitrogens with two attached hydrogens (primary N) is 1. The van der Waals surface area contributed by atoms with Crippen LogP contribution in [0.3, 0.4) is 0 Å². The number of likely N-dealkylation sites (tertiary alicyclic amines) is 1. The molecule has 5 nitrogen and oxygen atoms in total. The lowest BCUT2D eigenvalue weighted by Gasteiger charge is -2.22. The second kappa shape index (κ2) is 5.48. The summed E-state index contributed by atoms with van der Waals surface area (Å²) in [5.41, 5.74) is 6.53. The number of aliphatic hydroxyl groups excluding tert-OH is 2. The van der Waals surface area contributed by atoms with E-state index in [1.807, 2.05) is 30.3 Å². The molecule has 5 heteroatoms. The highest BCUT2D eigenvalue weighted by molar-refractivity contribution is 5.84. The van der Waals surface area contributed by atoms with Crippen molar-refractivity contribution < 1.29 is 15.0 Å². The van der Waals surface area contributed by atoms with Crippen molar-refractivity contribution in [1.82, 2.24) is 4.90 Å². The Kier molecular flexibility index (Phi) is 3.96. The molecule has 1 aromatic rings. The molecule has 18 heavy (non-hydrogen) atoms. The molecule has 1 aliphatic heterocycles. The third kappa shape index (κ3) is 2.53. The van der Waals surface area contributed by atoms with Gasteiger partial charge in [0.2, 0.25) is 5.91 Å². The number of β-amino-alcohol motifs (C(OH)–C–C–N with tert-alkyl or cyclic N) is 2. The molecular weight excluding hydrogens is 232 g/mol. The van der Waals surface area contributed by atoms with Crippen LogP contribution < -0.4 is 5.73 Å². The van der Waals surface area contributed by atoms with Gasteiger partial charge in [0.15, 0.2) is 0 Å². The number of benzene rings is 1. The summed E-state index contributed by atoms with van der Waals surface area (Å²) in [4.78, 5) is 13.8. The zero-order valence-corrected chi connectivity index (χ0v) is 10.1. The molecule has 0 radical (unpaired) electrons. The first-order valence-electron chi connectivity index (χ1n) is 6.03. The number of hydrogen-bond acceptors (Lipinski definition) is 4. The number of nitrogens with zero attached hydrogens (tertiary/aromatic N) is 1. The van der Waals surface area contributed by atoms with Gasteiger partial charge in [-0.15, -0.1) is 0 Å². The Morgan fingerprint density at radius 3 is 2.33 bits per heavy atom. The molecule has 3 atom stereocenters. The summed E-state index contributed by atoms with van der Waals surface area (Å²) in [5.74, 6) is -0.553. The second-order valence-corrected chi connectivity index (χ2v) is 4.58. The summed E-state index contributed by atoms with van der Waals surface area (Å²) in [6, 6.07) is 9.32. The standard InChI is InChI=1S/C13H18N2O3/c14-6-10(9-4-2-1-3-5-9)13(18)15-7-11(16)12(17)8-15/h1-5,10-12,16-17H,6-8,14H2. The van der Waals surface area contributed by atoms with Crippen molar-refractivity contribution in [2.24, 2.45) is 5.73 Å². The topological polar surface area (TPSA) is 86.8 Å². The molecule has 0 bridgehead atoms. The number of carbonyl (C=O) groups excluding carboxylic acids is 1. The summed E-state index contributed by atoms with van der Waals surface area (Å²) in [6.45, 7) is 0.554. The number of carbonyl (C=O) groups is 1. The van der Waals surface area contributed by atoms with E-state index in [4.69, 9.17) is 5.73 Å². The molecule has 0 saturated carbocycles. The number of hydrogen-bond donors (Lipinski definition) is 3. The van der Waals surface area contributed by atoms with E-state index in [0.29, 0.717) is 0 Å². The van der Waals surface area contributed by atoms with Crippen LogP contribution in [-0.2, 0) is 4.79 Å². The maximum Gasteiger partial charge on any atom is 0.231 e. The first kappa shape index (κ1) is 13.0. The van der Waals surface area contributed by atoms with Gasteiger partial charge in [-0.05, 0) is 5.56 Å². The molecular formula is C13H18N2O3. The van der Waals surface area contributed by atoms with Crippen LogP contribution in [0.2, 0.25) is 0 Å². The Hall–Kier alpha value is -1.43. The SMILES string of the molecule is NCC(C(=O)N1CC(O)C(O)C1)c1ccccc1. The van der Waals surface area contributed by atoms with E-state index in [2.05, 4.69) is 0 Å². The minimum absolute atomic E-state index is 0.140. The lowest BCUT2D eigenvalue weighted by molar-refractivity contribution is -0.132. The summed E-state index contributed by atoms with van der Waals surface area (Å²) in [6.07, 6.45) is -1.72. The average Bonchev–Trinajstić information content (AvgIpc) is 2.72. The van der Waals surface area contributed by atoms with Gasteiger partial charge < -0.3 is 20.8 Å². The normalized spacial score (nSPS) is 25.2. The first-order valence-corrected chi connectivity index (χ1v) is 6.03. The van der Waals surface area contributed by atoms with Gasteiger partial charge >= 0.3 is 0 Å².